The first-order valence-electron chi connectivity index (χ1n) is 11.0. The summed E-state index contributed by atoms with van der Waals surface area (Å²) < 4.78 is 6.82. The second-order valence-electron chi connectivity index (χ2n) is 9.65. The molecule has 2 nitrogen and oxygen atoms in total. The van der Waals surface area contributed by atoms with Crippen molar-refractivity contribution in [3.05, 3.63) is 71.3 Å². The zero-order valence-corrected chi connectivity index (χ0v) is 18.0. The summed E-state index contributed by atoms with van der Waals surface area (Å²) >= 11 is 0. The van der Waals surface area contributed by atoms with Crippen LogP contribution in [0, 0.1) is 12.3 Å². The van der Waals surface area contributed by atoms with E-state index in [9.17, 15) is 0 Å². The molecule has 4 atom stereocenters. The molecule has 2 aliphatic heterocycles. The van der Waals surface area contributed by atoms with E-state index >= 15 is 0 Å². The monoisotopic (exact) mass is 387 g/mol. The predicted octanol–water partition coefficient (Wildman–Crippen LogP) is 5.72. The van der Waals surface area contributed by atoms with Crippen molar-refractivity contribution in [1.82, 2.24) is 4.90 Å². The number of rotatable bonds is 5. The van der Waals surface area contributed by atoms with Gasteiger partial charge in [0.1, 0.15) is 6.10 Å². The molecule has 0 amide bonds. The third kappa shape index (κ3) is 4.42. The summed E-state index contributed by atoms with van der Waals surface area (Å²) in [4.78, 5) is 2.52. The topological polar surface area (TPSA) is 12.5 Å². The summed E-state index contributed by atoms with van der Waals surface area (Å²) in [6.07, 6.45) is 10.5. The molecular formula is C27H33NO. The van der Waals surface area contributed by atoms with Gasteiger partial charge in [-0.25, -0.2) is 0 Å². The van der Waals surface area contributed by atoms with Crippen LogP contribution in [0.15, 0.2) is 54.6 Å². The number of terminal acetylenes is 1. The molecule has 152 valence electrons. The highest BCUT2D eigenvalue weighted by molar-refractivity contribution is 5.34. The first kappa shape index (κ1) is 20.2. The minimum Gasteiger partial charge on any atom is -0.365 e. The summed E-state index contributed by atoms with van der Waals surface area (Å²) in [5, 5.41) is 0. The fraction of sp³-hybridized carbons (Fsp3) is 0.481. The van der Waals surface area contributed by atoms with Crippen LogP contribution >= 0.6 is 0 Å². The first-order valence-corrected chi connectivity index (χ1v) is 11.0. The second-order valence-corrected chi connectivity index (χ2v) is 9.65. The molecule has 2 aromatic rings. The quantitative estimate of drug-likeness (QED) is 0.609. The van der Waals surface area contributed by atoms with Gasteiger partial charge in [0.15, 0.2) is 0 Å². The third-order valence-electron chi connectivity index (χ3n) is 6.63. The van der Waals surface area contributed by atoms with Gasteiger partial charge in [0, 0.05) is 12.1 Å². The highest BCUT2D eigenvalue weighted by Gasteiger charge is 2.41. The molecule has 0 aliphatic carbocycles. The summed E-state index contributed by atoms with van der Waals surface area (Å²) in [7, 11) is 0. The van der Waals surface area contributed by atoms with Crippen molar-refractivity contribution in [2.45, 2.75) is 76.2 Å². The Labute approximate surface area is 176 Å². The number of nitrogens with zero attached hydrogens (tertiary/aromatic N) is 1. The van der Waals surface area contributed by atoms with E-state index in [1.165, 1.54) is 29.5 Å². The molecule has 2 aromatic carbocycles. The van der Waals surface area contributed by atoms with Crippen LogP contribution < -0.4 is 0 Å². The summed E-state index contributed by atoms with van der Waals surface area (Å²) in [5.74, 6) is 2.85. The molecule has 0 saturated carbocycles. The van der Waals surface area contributed by atoms with Crippen molar-refractivity contribution in [2.75, 3.05) is 6.54 Å². The molecule has 0 aromatic heterocycles. The van der Waals surface area contributed by atoms with Gasteiger partial charge in [-0.15, -0.1) is 6.42 Å². The van der Waals surface area contributed by atoms with Crippen molar-refractivity contribution >= 4 is 0 Å². The summed E-state index contributed by atoms with van der Waals surface area (Å²) in [6, 6.07) is 20.8. The van der Waals surface area contributed by atoms with E-state index < -0.39 is 0 Å². The van der Waals surface area contributed by atoms with Crippen LogP contribution in [0.2, 0.25) is 0 Å². The van der Waals surface area contributed by atoms with Gasteiger partial charge >= 0.3 is 0 Å². The maximum atomic E-state index is 6.82. The lowest BCUT2D eigenvalue weighted by molar-refractivity contribution is -0.0453. The highest BCUT2D eigenvalue weighted by atomic mass is 16.5. The molecule has 29 heavy (non-hydrogen) atoms. The van der Waals surface area contributed by atoms with E-state index in [0.717, 1.165) is 19.4 Å². The standard InChI is InChI=1S/C27H33NO/c1-5-17-28-23-15-16-24(28)19-25(18-23)29-26(20-9-7-6-8-10-20)21-11-13-22(14-12-21)27(2,3)4/h1,6-14,23-26H,15-19H2,2-4H3/t23-,24+,25?,26?. The van der Waals surface area contributed by atoms with Crippen molar-refractivity contribution < 1.29 is 4.74 Å². The van der Waals surface area contributed by atoms with Gasteiger partial charge in [-0.1, -0.05) is 81.3 Å². The Morgan fingerprint density at radius 1 is 0.966 bits per heavy atom. The molecule has 2 heterocycles. The van der Waals surface area contributed by atoms with Crippen LogP contribution in [0.3, 0.4) is 0 Å². The Morgan fingerprint density at radius 3 is 2.10 bits per heavy atom. The zero-order chi connectivity index (χ0) is 20.4. The summed E-state index contributed by atoms with van der Waals surface area (Å²) in [5.41, 5.74) is 3.98. The minimum absolute atomic E-state index is 0.0196. The number of hydrogen-bond acceptors (Lipinski definition) is 2. The fourth-order valence-corrected chi connectivity index (χ4v) is 5.03. The van der Waals surface area contributed by atoms with Gasteiger partial charge in [-0.3, -0.25) is 4.90 Å². The molecule has 2 aliphatic rings. The Bertz CT molecular complexity index is 829. The van der Waals surface area contributed by atoms with Crippen molar-refractivity contribution in [3.8, 4) is 12.3 Å². The van der Waals surface area contributed by atoms with Crippen molar-refractivity contribution in [2.24, 2.45) is 0 Å². The third-order valence-corrected chi connectivity index (χ3v) is 6.63. The van der Waals surface area contributed by atoms with Crippen LogP contribution in [0.5, 0.6) is 0 Å². The van der Waals surface area contributed by atoms with Crippen molar-refractivity contribution in [1.29, 1.82) is 0 Å². The van der Waals surface area contributed by atoms with Crippen LogP contribution in [0.25, 0.3) is 0 Å². The highest BCUT2D eigenvalue weighted by Crippen LogP contribution is 2.39. The van der Waals surface area contributed by atoms with Gasteiger partial charge in [0.05, 0.1) is 12.6 Å². The molecule has 2 bridgehead atoms. The number of ether oxygens (including phenoxy) is 1. The lowest BCUT2D eigenvalue weighted by Gasteiger charge is -2.39. The van der Waals surface area contributed by atoms with E-state index in [2.05, 4.69) is 86.2 Å². The first-order chi connectivity index (χ1) is 14.0. The molecular weight excluding hydrogens is 354 g/mol. The average molecular weight is 388 g/mol. The maximum Gasteiger partial charge on any atom is 0.108 e. The van der Waals surface area contributed by atoms with Crippen LogP contribution in [-0.4, -0.2) is 29.6 Å². The fourth-order valence-electron chi connectivity index (χ4n) is 5.03. The number of hydrogen-bond donors (Lipinski definition) is 0. The minimum atomic E-state index is -0.0196. The van der Waals surface area contributed by atoms with E-state index in [1.807, 2.05) is 0 Å². The Balaban J connectivity index is 1.56. The molecule has 2 heteroatoms. The Morgan fingerprint density at radius 2 is 1.55 bits per heavy atom. The SMILES string of the molecule is C#CCN1[C@@H]2CC[C@H]1CC(OC(c1ccccc1)c1ccc(C(C)(C)C)cc1)C2. The van der Waals surface area contributed by atoms with Crippen LogP contribution in [0.4, 0.5) is 0 Å². The molecule has 4 rings (SSSR count). The molecule has 2 fully saturated rings. The maximum absolute atomic E-state index is 6.82. The second kappa shape index (κ2) is 8.34. The van der Waals surface area contributed by atoms with Gasteiger partial charge in [-0.2, -0.15) is 0 Å². The normalized spacial score (nSPS) is 25.5. The molecule has 0 N–H and O–H groups in total. The lowest BCUT2D eigenvalue weighted by Crippen LogP contribution is -2.45. The smallest absolute Gasteiger partial charge is 0.108 e. The van der Waals surface area contributed by atoms with Gasteiger partial charge < -0.3 is 4.74 Å². The van der Waals surface area contributed by atoms with Crippen LogP contribution in [0.1, 0.15) is 69.2 Å². The number of benzene rings is 2. The lowest BCUT2D eigenvalue weighted by atomic mass is 9.86. The summed E-state index contributed by atoms with van der Waals surface area (Å²) in [6.45, 7) is 7.55. The van der Waals surface area contributed by atoms with Gasteiger partial charge in [-0.05, 0) is 47.8 Å². The van der Waals surface area contributed by atoms with E-state index in [4.69, 9.17) is 11.2 Å². The zero-order valence-electron chi connectivity index (χ0n) is 18.0. The van der Waals surface area contributed by atoms with E-state index in [1.54, 1.807) is 0 Å². The van der Waals surface area contributed by atoms with E-state index in [0.29, 0.717) is 12.1 Å². The van der Waals surface area contributed by atoms with Crippen molar-refractivity contribution in [3.63, 3.8) is 0 Å². The molecule has 2 unspecified atom stereocenters. The average Bonchev–Trinajstić information content (AvgIpc) is 2.95. The number of fused-ring (bicyclic) bond motifs is 2. The Hall–Kier alpha value is -2.08. The Kier molecular flexibility index (Phi) is 5.81. The van der Waals surface area contributed by atoms with Gasteiger partial charge in [0.2, 0.25) is 0 Å². The molecule has 0 spiro atoms. The molecule has 0 radical (unpaired) electrons. The molecule has 2 saturated heterocycles. The predicted molar refractivity (Wildman–Crippen MR) is 120 cm³/mol. The van der Waals surface area contributed by atoms with E-state index in [-0.39, 0.29) is 17.6 Å². The number of piperidine rings is 1. The van der Waals surface area contributed by atoms with Crippen LogP contribution in [-0.2, 0) is 10.2 Å². The largest absolute Gasteiger partial charge is 0.365 e. The van der Waals surface area contributed by atoms with Gasteiger partial charge in [0.25, 0.3) is 0 Å².